The number of carbonyl (C=O) groups excluding carboxylic acids is 1. The van der Waals surface area contributed by atoms with Crippen molar-refractivity contribution in [1.29, 1.82) is 0 Å². The standard InChI is InChI=1S/C20H16ClF3N4O4/c1-10-4-11(2)6-14(5-10)32-15-8-12(7-13(9-15)28(30)31)25-19(29)17-16(21)18(20(22,23)24)27(3)26-17/h4-9H,1-3H3,(H,25,29). The number of carbonyl (C=O) groups is 1. The van der Waals surface area contributed by atoms with Crippen LogP contribution in [0.15, 0.2) is 36.4 Å². The first-order chi connectivity index (χ1) is 14.8. The summed E-state index contributed by atoms with van der Waals surface area (Å²) in [5, 5.41) is 16.2. The second-order valence-electron chi connectivity index (χ2n) is 6.98. The van der Waals surface area contributed by atoms with Gasteiger partial charge < -0.3 is 10.1 Å². The van der Waals surface area contributed by atoms with E-state index in [0.29, 0.717) is 10.4 Å². The number of amides is 1. The summed E-state index contributed by atoms with van der Waals surface area (Å²) in [5.74, 6) is -0.607. The number of ether oxygens (including phenoxy) is 1. The fourth-order valence-corrected chi connectivity index (χ4v) is 3.44. The van der Waals surface area contributed by atoms with Gasteiger partial charge in [0.2, 0.25) is 0 Å². The van der Waals surface area contributed by atoms with Gasteiger partial charge in [-0.15, -0.1) is 0 Å². The lowest BCUT2D eigenvalue weighted by Gasteiger charge is -2.10. The highest BCUT2D eigenvalue weighted by molar-refractivity contribution is 6.34. The Labute approximate surface area is 184 Å². The first kappa shape index (κ1) is 23.1. The van der Waals surface area contributed by atoms with Crippen molar-refractivity contribution in [2.45, 2.75) is 20.0 Å². The molecule has 0 bridgehead atoms. The second kappa shape index (κ2) is 8.50. The Hall–Kier alpha value is -3.60. The van der Waals surface area contributed by atoms with E-state index in [9.17, 15) is 28.1 Å². The van der Waals surface area contributed by atoms with Gasteiger partial charge in [-0.25, -0.2) is 0 Å². The van der Waals surface area contributed by atoms with Crippen LogP contribution in [0.25, 0.3) is 0 Å². The number of anilines is 1. The fraction of sp³-hybridized carbons (Fsp3) is 0.200. The van der Waals surface area contributed by atoms with Crippen molar-refractivity contribution < 1.29 is 27.6 Å². The number of aromatic nitrogens is 2. The molecular formula is C20H16ClF3N4O4. The Kier molecular flexibility index (Phi) is 6.13. The normalized spacial score (nSPS) is 11.3. The molecule has 0 aliphatic carbocycles. The molecule has 0 aliphatic rings. The number of alkyl halides is 3. The smallest absolute Gasteiger partial charge is 0.434 e. The van der Waals surface area contributed by atoms with Crippen molar-refractivity contribution in [2.75, 3.05) is 5.32 Å². The van der Waals surface area contributed by atoms with E-state index in [1.54, 1.807) is 12.1 Å². The molecule has 0 atom stereocenters. The Morgan fingerprint density at radius 2 is 1.72 bits per heavy atom. The Balaban J connectivity index is 1.94. The number of nitrogens with zero attached hydrogens (tertiary/aromatic N) is 3. The topological polar surface area (TPSA) is 99.3 Å². The molecule has 0 spiro atoms. The molecule has 12 heteroatoms. The van der Waals surface area contributed by atoms with Crippen LogP contribution in [-0.4, -0.2) is 20.6 Å². The van der Waals surface area contributed by atoms with Gasteiger partial charge in [0.25, 0.3) is 11.6 Å². The largest absolute Gasteiger partial charge is 0.457 e. The number of aryl methyl sites for hydroxylation is 3. The molecule has 1 aromatic heterocycles. The van der Waals surface area contributed by atoms with Crippen LogP contribution < -0.4 is 10.1 Å². The minimum absolute atomic E-state index is 0.0441. The zero-order valence-electron chi connectivity index (χ0n) is 17.0. The van der Waals surface area contributed by atoms with Gasteiger partial charge in [0, 0.05) is 19.2 Å². The van der Waals surface area contributed by atoms with Crippen molar-refractivity contribution in [3.05, 3.63) is 74.0 Å². The number of rotatable bonds is 5. The predicted molar refractivity (Wildman–Crippen MR) is 110 cm³/mol. The molecule has 0 saturated heterocycles. The molecule has 32 heavy (non-hydrogen) atoms. The SMILES string of the molecule is Cc1cc(C)cc(Oc2cc(NC(=O)c3nn(C)c(C(F)(F)F)c3Cl)cc([N+](=O)[O-])c2)c1. The van der Waals surface area contributed by atoms with E-state index in [1.807, 2.05) is 19.9 Å². The molecule has 168 valence electrons. The first-order valence-corrected chi connectivity index (χ1v) is 9.39. The maximum absolute atomic E-state index is 13.1. The number of nitrogens with one attached hydrogen (secondary N) is 1. The third-order valence-corrected chi connectivity index (χ3v) is 4.62. The Bertz CT molecular complexity index is 1200. The van der Waals surface area contributed by atoms with Gasteiger partial charge in [0.15, 0.2) is 11.4 Å². The van der Waals surface area contributed by atoms with E-state index in [-0.39, 0.29) is 11.4 Å². The van der Waals surface area contributed by atoms with Gasteiger partial charge in [-0.3, -0.25) is 19.6 Å². The van der Waals surface area contributed by atoms with E-state index in [2.05, 4.69) is 10.4 Å². The van der Waals surface area contributed by atoms with Crippen LogP contribution in [0.5, 0.6) is 11.5 Å². The third-order valence-electron chi connectivity index (χ3n) is 4.26. The summed E-state index contributed by atoms with van der Waals surface area (Å²) < 4.78 is 45.5. The van der Waals surface area contributed by atoms with Crippen molar-refractivity contribution >= 4 is 28.9 Å². The summed E-state index contributed by atoms with van der Waals surface area (Å²) in [4.78, 5) is 23.1. The molecule has 0 aliphatic heterocycles. The highest BCUT2D eigenvalue weighted by Crippen LogP contribution is 2.36. The molecule has 2 aromatic carbocycles. The maximum Gasteiger partial charge on any atom is 0.434 e. The van der Waals surface area contributed by atoms with E-state index in [0.717, 1.165) is 30.3 Å². The van der Waals surface area contributed by atoms with Gasteiger partial charge in [0.1, 0.15) is 16.5 Å². The lowest BCUT2D eigenvalue weighted by molar-refractivity contribution is -0.384. The summed E-state index contributed by atoms with van der Waals surface area (Å²) in [6.07, 6.45) is -4.82. The third kappa shape index (κ3) is 4.99. The molecular weight excluding hydrogens is 453 g/mol. The Morgan fingerprint density at radius 1 is 1.12 bits per heavy atom. The van der Waals surface area contributed by atoms with E-state index >= 15 is 0 Å². The van der Waals surface area contributed by atoms with Crippen molar-refractivity contribution in [2.24, 2.45) is 7.05 Å². The average molecular weight is 469 g/mol. The van der Waals surface area contributed by atoms with Gasteiger partial charge in [-0.05, 0) is 37.1 Å². The number of non-ortho nitro benzene ring substituents is 1. The lowest BCUT2D eigenvalue weighted by atomic mass is 10.1. The molecule has 0 saturated carbocycles. The fourth-order valence-electron chi connectivity index (χ4n) is 3.09. The molecule has 1 heterocycles. The minimum atomic E-state index is -4.82. The van der Waals surface area contributed by atoms with Crippen LogP contribution in [0.1, 0.15) is 27.3 Å². The number of nitro benzene ring substituents is 1. The monoisotopic (exact) mass is 468 g/mol. The van der Waals surface area contributed by atoms with E-state index < -0.39 is 39.1 Å². The summed E-state index contributed by atoms with van der Waals surface area (Å²) in [5.41, 5.74) is -0.635. The highest BCUT2D eigenvalue weighted by Gasteiger charge is 2.40. The van der Waals surface area contributed by atoms with Crippen LogP contribution in [0.4, 0.5) is 24.5 Å². The van der Waals surface area contributed by atoms with Gasteiger partial charge in [0.05, 0.1) is 16.7 Å². The molecule has 0 radical (unpaired) electrons. The van der Waals surface area contributed by atoms with Gasteiger partial charge >= 0.3 is 6.18 Å². The number of hydrogen-bond acceptors (Lipinski definition) is 5. The number of hydrogen-bond donors (Lipinski definition) is 1. The molecule has 1 amide bonds. The number of benzene rings is 2. The number of nitro groups is 1. The minimum Gasteiger partial charge on any atom is -0.457 e. The molecule has 3 rings (SSSR count). The van der Waals surface area contributed by atoms with Crippen LogP contribution in [0.2, 0.25) is 5.02 Å². The molecule has 0 fully saturated rings. The maximum atomic E-state index is 13.1. The van der Waals surface area contributed by atoms with E-state index in [4.69, 9.17) is 16.3 Å². The van der Waals surface area contributed by atoms with Crippen LogP contribution in [-0.2, 0) is 13.2 Å². The molecule has 3 aromatic rings. The quantitative estimate of drug-likeness (QED) is 0.384. The average Bonchev–Trinajstić information content (AvgIpc) is 2.95. The summed E-state index contributed by atoms with van der Waals surface area (Å²) in [6.45, 7) is 3.70. The summed E-state index contributed by atoms with van der Waals surface area (Å²) in [7, 11) is 0.995. The van der Waals surface area contributed by atoms with Crippen LogP contribution >= 0.6 is 11.6 Å². The zero-order valence-corrected chi connectivity index (χ0v) is 17.7. The number of halogens is 4. The van der Waals surface area contributed by atoms with Crippen molar-refractivity contribution in [3.8, 4) is 11.5 Å². The lowest BCUT2D eigenvalue weighted by Crippen LogP contribution is -2.13. The predicted octanol–water partition coefficient (Wildman–Crippen LogP) is 5.66. The summed E-state index contributed by atoms with van der Waals surface area (Å²) >= 11 is 5.73. The van der Waals surface area contributed by atoms with Crippen LogP contribution in [0, 0.1) is 24.0 Å². The Morgan fingerprint density at radius 3 is 2.25 bits per heavy atom. The second-order valence-corrected chi connectivity index (χ2v) is 7.36. The van der Waals surface area contributed by atoms with Gasteiger partial charge in [-0.1, -0.05) is 17.7 Å². The van der Waals surface area contributed by atoms with Crippen molar-refractivity contribution in [3.63, 3.8) is 0 Å². The molecule has 8 nitrogen and oxygen atoms in total. The summed E-state index contributed by atoms with van der Waals surface area (Å²) in [6, 6.07) is 8.84. The molecule has 1 N–H and O–H groups in total. The van der Waals surface area contributed by atoms with Crippen molar-refractivity contribution in [1.82, 2.24) is 9.78 Å². The van der Waals surface area contributed by atoms with Gasteiger partial charge in [-0.2, -0.15) is 18.3 Å². The zero-order chi connectivity index (χ0) is 23.8. The highest BCUT2D eigenvalue weighted by atomic mass is 35.5. The van der Waals surface area contributed by atoms with E-state index in [1.165, 1.54) is 6.07 Å². The first-order valence-electron chi connectivity index (χ1n) is 9.02. The van der Waals surface area contributed by atoms with Crippen LogP contribution in [0.3, 0.4) is 0 Å². The molecule has 0 unspecified atom stereocenters.